The first-order valence-electron chi connectivity index (χ1n) is 2.57. The summed E-state index contributed by atoms with van der Waals surface area (Å²) < 4.78 is 0. The quantitative estimate of drug-likeness (QED) is 0.487. The van der Waals surface area contributed by atoms with Crippen molar-refractivity contribution in [2.24, 2.45) is 0 Å². The van der Waals surface area contributed by atoms with Crippen molar-refractivity contribution in [1.29, 1.82) is 0 Å². The van der Waals surface area contributed by atoms with Gasteiger partial charge in [-0.15, -0.1) is 0 Å². The first-order valence-corrected chi connectivity index (χ1v) is 6.61. The summed E-state index contributed by atoms with van der Waals surface area (Å²) in [7, 11) is 0. The number of hydrogen-bond donors (Lipinski definition) is 0. The van der Waals surface area contributed by atoms with Crippen molar-refractivity contribution in [3.8, 4) is 0 Å². The van der Waals surface area contributed by atoms with Gasteiger partial charge < -0.3 is 0 Å². The summed E-state index contributed by atoms with van der Waals surface area (Å²) in [5, 5.41) is -0.162. The number of carbonyl (C=O) groups is 1. The van der Waals surface area contributed by atoms with Gasteiger partial charge in [0.15, 0.2) is 0 Å². The molecule has 0 aromatic carbocycles. The molecule has 0 bridgehead atoms. The Morgan fingerprint density at radius 1 is 1.60 bits per heavy atom. The Labute approximate surface area is 73.5 Å². The standard InChI is InChI=1S/C5H4Cl3OP/c6-5(9)4-2-1-3-10(4,7)8/h2-3H,1H2. The second-order valence-corrected chi connectivity index (χ2v) is 7.86. The van der Waals surface area contributed by atoms with Crippen LogP contribution in [-0.2, 0) is 4.79 Å². The highest BCUT2D eigenvalue weighted by molar-refractivity contribution is 8.19. The molecule has 0 spiro atoms. The molecular weight excluding hydrogens is 213 g/mol. The number of allylic oxidation sites excluding steroid dienone is 2. The minimum Gasteiger partial charge on any atom is -0.275 e. The average Bonchev–Trinajstić information content (AvgIpc) is 2.08. The van der Waals surface area contributed by atoms with Gasteiger partial charge in [0.05, 0.1) is 10.9 Å². The molecule has 56 valence electrons. The van der Waals surface area contributed by atoms with Crippen LogP contribution < -0.4 is 0 Å². The Hall–Kier alpha value is 0.580. The lowest BCUT2D eigenvalue weighted by atomic mass is 10.4. The van der Waals surface area contributed by atoms with Crippen molar-refractivity contribution >= 4 is 50.7 Å². The smallest absolute Gasteiger partial charge is 0.254 e. The maximum atomic E-state index is 10.6. The maximum absolute atomic E-state index is 10.6. The molecule has 0 fully saturated rings. The van der Waals surface area contributed by atoms with Gasteiger partial charge in [-0.2, -0.15) is 0 Å². The van der Waals surface area contributed by atoms with Crippen molar-refractivity contribution in [2.45, 2.75) is 6.42 Å². The fourth-order valence-corrected chi connectivity index (χ4v) is 3.95. The van der Waals surface area contributed by atoms with E-state index in [4.69, 9.17) is 34.1 Å². The largest absolute Gasteiger partial charge is 0.275 e. The molecule has 1 rings (SSSR count). The lowest BCUT2D eigenvalue weighted by Crippen LogP contribution is -1.85. The van der Waals surface area contributed by atoms with Crippen molar-refractivity contribution in [2.75, 3.05) is 0 Å². The first-order chi connectivity index (χ1) is 4.54. The van der Waals surface area contributed by atoms with Crippen LogP contribution in [0.5, 0.6) is 0 Å². The van der Waals surface area contributed by atoms with Gasteiger partial charge in [-0.25, -0.2) is 0 Å². The topological polar surface area (TPSA) is 17.1 Å². The van der Waals surface area contributed by atoms with Gasteiger partial charge in [0.1, 0.15) is 0 Å². The van der Waals surface area contributed by atoms with Crippen molar-refractivity contribution in [1.82, 2.24) is 0 Å². The average molecular weight is 217 g/mol. The molecule has 0 amide bonds. The van der Waals surface area contributed by atoms with E-state index in [1.165, 1.54) is 0 Å². The Kier molecular flexibility index (Phi) is 2.52. The molecule has 1 aliphatic rings. The summed E-state index contributed by atoms with van der Waals surface area (Å²) in [4.78, 5) is 10.6. The summed E-state index contributed by atoms with van der Waals surface area (Å²) in [5.41, 5.74) is -2.26. The minimum atomic E-state index is -2.26. The molecule has 1 heterocycles. The SMILES string of the molecule is O=C(Cl)C1=CCC=P1(Cl)Cl. The molecule has 1 nitrogen and oxygen atoms in total. The van der Waals surface area contributed by atoms with E-state index in [1.807, 2.05) is 0 Å². The van der Waals surface area contributed by atoms with E-state index in [2.05, 4.69) is 0 Å². The monoisotopic (exact) mass is 216 g/mol. The second-order valence-electron chi connectivity index (χ2n) is 1.84. The molecule has 0 aromatic heterocycles. The molecule has 0 N–H and O–H groups in total. The third-order valence-electron chi connectivity index (χ3n) is 1.17. The highest BCUT2D eigenvalue weighted by atomic mass is 35.9. The number of carbonyl (C=O) groups excluding carboxylic acids is 1. The molecule has 5 heteroatoms. The van der Waals surface area contributed by atoms with Crippen LogP contribution >= 0.6 is 39.7 Å². The molecule has 0 aromatic rings. The maximum Gasteiger partial charge on any atom is 0.254 e. The van der Waals surface area contributed by atoms with E-state index in [1.54, 1.807) is 11.9 Å². The van der Waals surface area contributed by atoms with Crippen LogP contribution in [0.2, 0.25) is 0 Å². The van der Waals surface area contributed by atoms with E-state index in [9.17, 15) is 4.79 Å². The lowest BCUT2D eigenvalue weighted by molar-refractivity contribution is -0.108. The zero-order valence-corrected chi connectivity index (χ0v) is 8.01. The molecular formula is C5H4Cl3OP. The predicted octanol–water partition coefficient (Wildman–Crippen LogP) is 3.17. The van der Waals surface area contributed by atoms with Crippen LogP contribution in [-0.4, -0.2) is 11.0 Å². The number of halogens is 3. The van der Waals surface area contributed by atoms with Crippen LogP contribution in [0.15, 0.2) is 11.4 Å². The molecule has 0 radical (unpaired) electrons. The molecule has 1 aliphatic heterocycles. The van der Waals surface area contributed by atoms with Crippen LogP contribution in [0.3, 0.4) is 0 Å². The lowest BCUT2D eigenvalue weighted by Gasteiger charge is -2.03. The minimum absolute atomic E-state index is 0.373. The summed E-state index contributed by atoms with van der Waals surface area (Å²) >= 11 is 16.8. The van der Waals surface area contributed by atoms with E-state index < -0.39 is 10.8 Å². The molecule has 10 heavy (non-hydrogen) atoms. The summed E-state index contributed by atoms with van der Waals surface area (Å²) in [6, 6.07) is 0. The first kappa shape index (κ1) is 8.67. The highest BCUT2D eigenvalue weighted by Gasteiger charge is 2.24. The van der Waals surface area contributed by atoms with Crippen LogP contribution in [0, 0.1) is 0 Å². The molecule has 0 saturated carbocycles. The zero-order chi connectivity index (χ0) is 7.78. The summed E-state index contributed by atoms with van der Waals surface area (Å²) in [6.45, 7) is 0. The van der Waals surface area contributed by atoms with Crippen LogP contribution in [0.4, 0.5) is 0 Å². The van der Waals surface area contributed by atoms with Gasteiger partial charge in [-0.05, 0) is 18.0 Å². The Morgan fingerprint density at radius 3 is 2.40 bits per heavy atom. The molecule has 0 atom stereocenters. The Morgan fingerprint density at radius 2 is 2.20 bits per heavy atom. The normalized spacial score (nSPS) is 21.7. The third-order valence-corrected chi connectivity index (χ3v) is 5.12. The van der Waals surface area contributed by atoms with Crippen molar-refractivity contribution in [3.63, 3.8) is 0 Å². The number of rotatable bonds is 1. The van der Waals surface area contributed by atoms with Crippen LogP contribution in [0.25, 0.3) is 0 Å². The molecule has 0 aliphatic carbocycles. The zero-order valence-electron chi connectivity index (χ0n) is 4.85. The van der Waals surface area contributed by atoms with Crippen molar-refractivity contribution in [3.05, 3.63) is 11.4 Å². The van der Waals surface area contributed by atoms with E-state index in [0.717, 1.165) is 0 Å². The van der Waals surface area contributed by atoms with E-state index in [-0.39, 0.29) is 0 Å². The fraction of sp³-hybridized carbons (Fsp3) is 0.200. The Balaban J connectivity index is 3.02. The summed E-state index contributed by atoms with van der Waals surface area (Å²) in [5.74, 6) is 1.73. The van der Waals surface area contributed by atoms with E-state index >= 15 is 0 Å². The van der Waals surface area contributed by atoms with Gasteiger partial charge in [-0.3, -0.25) is 4.79 Å². The Bertz CT molecular complexity index is 250. The van der Waals surface area contributed by atoms with Gasteiger partial charge in [-0.1, -0.05) is 34.4 Å². The highest BCUT2D eigenvalue weighted by Crippen LogP contribution is 2.67. The van der Waals surface area contributed by atoms with Gasteiger partial charge in [0.25, 0.3) is 5.24 Å². The molecule has 0 saturated heterocycles. The second kappa shape index (κ2) is 2.91. The molecule has 0 unspecified atom stereocenters. The fourth-order valence-electron chi connectivity index (χ4n) is 0.714. The predicted molar refractivity (Wildman–Crippen MR) is 48.3 cm³/mol. The van der Waals surface area contributed by atoms with Crippen LogP contribution in [0.1, 0.15) is 6.42 Å². The number of hydrogen-bond acceptors (Lipinski definition) is 1. The summed E-state index contributed by atoms with van der Waals surface area (Å²) in [6.07, 6.45) is 2.32. The van der Waals surface area contributed by atoms with E-state index in [0.29, 0.717) is 11.7 Å². The van der Waals surface area contributed by atoms with Gasteiger partial charge in [0.2, 0.25) is 0 Å². The van der Waals surface area contributed by atoms with Crippen molar-refractivity contribution < 1.29 is 4.79 Å². The van der Waals surface area contributed by atoms with Gasteiger partial charge in [0, 0.05) is 0 Å². The third kappa shape index (κ3) is 1.60. The van der Waals surface area contributed by atoms with Gasteiger partial charge >= 0.3 is 0 Å².